The lowest BCUT2D eigenvalue weighted by molar-refractivity contribution is 0.0927. The second kappa shape index (κ2) is 6.42. The SMILES string of the molecule is Cc1cc(C)c(OC[C@@H](O)Cn2cnc3ccccc32)c(C)c1. The number of fused-ring (bicyclic) bond motifs is 1. The first-order chi connectivity index (χ1) is 11.0. The Kier molecular flexibility index (Phi) is 4.35. The summed E-state index contributed by atoms with van der Waals surface area (Å²) in [5, 5.41) is 10.3. The second-order valence-electron chi connectivity index (χ2n) is 6.08. The summed E-state index contributed by atoms with van der Waals surface area (Å²) < 4.78 is 7.82. The van der Waals surface area contributed by atoms with E-state index in [1.165, 1.54) is 5.56 Å². The number of ether oxygens (including phenoxy) is 1. The van der Waals surface area contributed by atoms with Crippen molar-refractivity contribution < 1.29 is 9.84 Å². The molecule has 0 aliphatic heterocycles. The van der Waals surface area contributed by atoms with E-state index in [2.05, 4.69) is 24.0 Å². The van der Waals surface area contributed by atoms with Gasteiger partial charge in [0.15, 0.2) is 0 Å². The van der Waals surface area contributed by atoms with Crippen LogP contribution in [0.25, 0.3) is 11.0 Å². The van der Waals surface area contributed by atoms with E-state index in [-0.39, 0.29) is 6.61 Å². The molecule has 4 heteroatoms. The van der Waals surface area contributed by atoms with Crippen molar-refractivity contribution in [2.45, 2.75) is 33.4 Å². The van der Waals surface area contributed by atoms with Crippen molar-refractivity contribution in [3.63, 3.8) is 0 Å². The van der Waals surface area contributed by atoms with E-state index < -0.39 is 6.10 Å². The Labute approximate surface area is 136 Å². The molecular weight excluding hydrogens is 288 g/mol. The number of benzene rings is 2. The summed E-state index contributed by atoms with van der Waals surface area (Å²) in [6.07, 6.45) is 1.17. The summed E-state index contributed by atoms with van der Waals surface area (Å²) in [5.41, 5.74) is 5.38. The zero-order valence-electron chi connectivity index (χ0n) is 13.8. The number of aromatic nitrogens is 2. The van der Waals surface area contributed by atoms with Crippen molar-refractivity contribution >= 4 is 11.0 Å². The van der Waals surface area contributed by atoms with Crippen LogP contribution in [-0.4, -0.2) is 27.4 Å². The molecule has 0 aliphatic rings. The monoisotopic (exact) mass is 310 g/mol. The molecule has 120 valence electrons. The van der Waals surface area contributed by atoms with E-state index in [1.807, 2.05) is 42.7 Å². The maximum Gasteiger partial charge on any atom is 0.125 e. The summed E-state index contributed by atoms with van der Waals surface area (Å²) >= 11 is 0. The lowest BCUT2D eigenvalue weighted by atomic mass is 10.1. The Morgan fingerprint density at radius 3 is 2.57 bits per heavy atom. The molecule has 0 fully saturated rings. The van der Waals surface area contributed by atoms with Crippen LogP contribution >= 0.6 is 0 Å². The Hall–Kier alpha value is -2.33. The molecule has 2 aromatic carbocycles. The molecule has 23 heavy (non-hydrogen) atoms. The molecule has 0 spiro atoms. The molecular formula is C19H22N2O2. The number of para-hydroxylation sites is 2. The van der Waals surface area contributed by atoms with Gasteiger partial charge in [-0.15, -0.1) is 0 Å². The molecule has 3 aromatic rings. The lowest BCUT2D eigenvalue weighted by Gasteiger charge is -2.17. The number of aliphatic hydroxyl groups excluding tert-OH is 1. The molecule has 3 rings (SSSR count). The molecule has 1 N–H and O–H groups in total. The lowest BCUT2D eigenvalue weighted by Crippen LogP contribution is -2.23. The standard InChI is InChI=1S/C19H22N2O2/c1-13-8-14(2)19(15(3)9-13)23-11-16(22)10-21-12-20-17-6-4-5-7-18(17)21/h4-9,12,16,22H,10-11H2,1-3H3/t16-/m0/s1. The van der Waals surface area contributed by atoms with E-state index >= 15 is 0 Å². The minimum atomic E-state index is -0.590. The quantitative estimate of drug-likeness (QED) is 0.785. The molecule has 4 nitrogen and oxygen atoms in total. The van der Waals surface area contributed by atoms with Crippen LogP contribution in [0, 0.1) is 20.8 Å². The van der Waals surface area contributed by atoms with E-state index in [0.29, 0.717) is 6.54 Å². The Bertz CT molecular complexity index is 800. The third kappa shape index (κ3) is 3.37. The average molecular weight is 310 g/mol. The minimum absolute atomic E-state index is 0.261. The molecule has 0 saturated heterocycles. The van der Waals surface area contributed by atoms with Gasteiger partial charge in [0.05, 0.1) is 23.9 Å². The topological polar surface area (TPSA) is 47.3 Å². The zero-order valence-corrected chi connectivity index (χ0v) is 13.8. The van der Waals surface area contributed by atoms with Gasteiger partial charge in [0.25, 0.3) is 0 Å². The number of nitrogens with zero attached hydrogens (tertiary/aromatic N) is 2. The highest BCUT2D eigenvalue weighted by Crippen LogP contribution is 2.24. The number of aryl methyl sites for hydroxylation is 3. The number of hydrogen-bond donors (Lipinski definition) is 1. The fourth-order valence-electron chi connectivity index (χ4n) is 3.01. The molecule has 1 aromatic heterocycles. The first-order valence-electron chi connectivity index (χ1n) is 7.83. The third-order valence-corrected chi connectivity index (χ3v) is 3.96. The molecule has 0 bridgehead atoms. The fourth-order valence-corrected chi connectivity index (χ4v) is 3.01. The highest BCUT2D eigenvalue weighted by atomic mass is 16.5. The van der Waals surface area contributed by atoms with Crippen molar-refractivity contribution in [1.29, 1.82) is 0 Å². The third-order valence-electron chi connectivity index (χ3n) is 3.96. The largest absolute Gasteiger partial charge is 0.490 e. The highest BCUT2D eigenvalue weighted by molar-refractivity contribution is 5.74. The van der Waals surface area contributed by atoms with Gasteiger partial charge >= 0.3 is 0 Å². The van der Waals surface area contributed by atoms with Gasteiger partial charge in [-0.05, 0) is 44.0 Å². The normalized spacial score (nSPS) is 12.5. The first kappa shape index (κ1) is 15.6. The van der Waals surface area contributed by atoms with Gasteiger partial charge in [0.1, 0.15) is 18.5 Å². The van der Waals surface area contributed by atoms with Crippen molar-refractivity contribution in [1.82, 2.24) is 9.55 Å². The van der Waals surface area contributed by atoms with Gasteiger partial charge in [-0.2, -0.15) is 0 Å². The summed E-state index contributed by atoms with van der Waals surface area (Å²) in [6.45, 7) is 6.86. The Morgan fingerprint density at radius 2 is 1.83 bits per heavy atom. The minimum Gasteiger partial charge on any atom is -0.490 e. The number of aliphatic hydroxyl groups is 1. The van der Waals surface area contributed by atoms with E-state index in [1.54, 1.807) is 6.33 Å². The van der Waals surface area contributed by atoms with Crippen LogP contribution in [0.5, 0.6) is 5.75 Å². The van der Waals surface area contributed by atoms with E-state index in [9.17, 15) is 5.11 Å². The molecule has 0 saturated carbocycles. The van der Waals surface area contributed by atoms with Crippen molar-refractivity contribution in [2.24, 2.45) is 0 Å². The van der Waals surface area contributed by atoms with Gasteiger partial charge in [-0.25, -0.2) is 4.98 Å². The molecule has 1 heterocycles. The smallest absolute Gasteiger partial charge is 0.125 e. The average Bonchev–Trinajstić information content (AvgIpc) is 2.89. The first-order valence-corrected chi connectivity index (χ1v) is 7.83. The molecule has 0 unspecified atom stereocenters. The maximum absolute atomic E-state index is 10.3. The Balaban J connectivity index is 1.67. The van der Waals surface area contributed by atoms with Crippen LogP contribution in [0.1, 0.15) is 16.7 Å². The number of hydrogen-bond acceptors (Lipinski definition) is 3. The van der Waals surface area contributed by atoms with Crippen LogP contribution in [0.4, 0.5) is 0 Å². The van der Waals surface area contributed by atoms with Gasteiger partial charge in [-0.3, -0.25) is 0 Å². The number of imidazole rings is 1. The fraction of sp³-hybridized carbons (Fsp3) is 0.316. The van der Waals surface area contributed by atoms with Crippen molar-refractivity contribution in [3.05, 3.63) is 59.4 Å². The predicted octanol–water partition coefficient (Wildman–Crippen LogP) is 3.40. The van der Waals surface area contributed by atoms with Crippen molar-refractivity contribution in [3.8, 4) is 5.75 Å². The molecule has 1 atom stereocenters. The second-order valence-corrected chi connectivity index (χ2v) is 6.08. The predicted molar refractivity (Wildman–Crippen MR) is 91.9 cm³/mol. The van der Waals surface area contributed by atoms with E-state index in [4.69, 9.17) is 4.74 Å². The molecule has 0 radical (unpaired) electrons. The van der Waals surface area contributed by atoms with Crippen LogP contribution in [0.3, 0.4) is 0 Å². The zero-order chi connectivity index (χ0) is 16.4. The van der Waals surface area contributed by atoms with Crippen molar-refractivity contribution in [2.75, 3.05) is 6.61 Å². The number of rotatable bonds is 5. The summed E-state index contributed by atoms with van der Waals surface area (Å²) in [4.78, 5) is 4.34. The van der Waals surface area contributed by atoms with Gasteiger partial charge in [0.2, 0.25) is 0 Å². The van der Waals surface area contributed by atoms with Crippen LogP contribution < -0.4 is 4.74 Å². The molecule has 0 aliphatic carbocycles. The van der Waals surface area contributed by atoms with Gasteiger partial charge < -0.3 is 14.4 Å². The molecule has 0 amide bonds. The van der Waals surface area contributed by atoms with Gasteiger partial charge in [-0.1, -0.05) is 29.8 Å². The van der Waals surface area contributed by atoms with E-state index in [0.717, 1.165) is 27.9 Å². The van der Waals surface area contributed by atoms with Crippen LogP contribution in [0.15, 0.2) is 42.7 Å². The highest BCUT2D eigenvalue weighted by Gasteiger charge is 2.11. The summed E-state index contributed by atoms with van der Waals surface area (Å²) in [6, 6.07) is 12.1. The van der Waals surface area contributed by atoms with Gasteiger partial charge in [0, 0.05) is 0 Å². The van der Waals surface area contributed by atoms with Crippen LogP contribution in [0.2, 0.25) is 0 Å². The Morgan fingerprint density at radius 1 is 1.13 bits per heavy atom. The maximum atomic E-state index is 10.3. The van der Waals surface area contributed by atoms with Crippen LogP contribution in [-0.2, 0) is 6.54 Å². The summed E-state index contributed by atoms with van der Waals surface area (Å²) in [5.74, 6) is 0.866. The summed E-state index contributed by atoms with van der Waals surface area (Å²) in [7, 11) is 0.